The minimum absolute atomic E-state index is 0.0300. The van der Waals surface area contributed by atoms with Crippen LogP contribution in [0.2, 0.25) is 0 Å². The first-order valence-electron chi connectivity index (χ1n) is 9.90. The molecular formula is C17H30N8O2. The van der Waals surface area contributed by atoms with Gasteiger partial charge in [-0.2, -0.15) is 0 Å². The zero-order valence-corrected chi connectivity index (χ0v) is 15.8. The van der Waals surface area contributed by atoms with Crippen LogP contribution in [0.3, 0.4) is 0 Å². The Bertz CT molecular complexity index is 618. The van der Waals surface area contributed by atoms with E-state index >= 15 is 0 Å². The van der Waals surface area contributed by atoms with Crippen LogP contribution in [0.25, 0.3) is 0 Å². The van der Waals surface area contributed by atoms with Gasteiger partial charge < -0.3 is 16.0 Å². The average Bonchev–Trinajstić information content (AvgIpc) is 2.91. The van der Waals surface area contributed by atoms with E-state index in [4.69, 9.17) is 5.73 Å². The molecule has 0 bridgehead atoms. The largest absolute Gasteiger partial charge is 0.367 e. The number of nitrogen functional groups attached to an aromatic ring is 1. The third-order valence-corrected chi connectivity index (χ3v) is 5.47. The van der Waals surface area contributed by atoms with Gasteiger partial charge in [0.25, 0.3) is 0 Å². The number of carbonyl (C=O) groups excluding carboxylic acids is 2. The molecule has 3 rings (SSSR count). The van der Waals surface area contributed by atoms with Crippen molar-refractivity contribution >= 4 is 17.8 Å². The van der Waals surface area contributed by atoms with Crippen LogP contribution in [0.5, 0.6) is 0 Å². The first-order chi connectivity index (χ1) is 13.1. The van der Waals surface area contributed by atoms with E-state index in [1.54, 1.807) is 0 Å². The molecule has 0 saturated carbocycles. The summed E-state index contributed by atoms with van der Waals surface area (Å²) >= 11 is 0. The predicted molar refractivity (Wildman–Crippen MR) is 99.5 cm³/mol. The van der Waals surface area contributed by atoms with Crippen molar-refractivity contribution in [3.63, 3.8) is 0 Å². The van der Waals surface area contributed by atoms with Gasteiger partial charge in [0.15, 0.2) is 0 Å². The van der Waals surface area contributed by atoms with E-state index in [1.807, 2.05) is 4.90 Å². The third-order valence-electron chi connectivity index (χ3n) is 5.47. The number of amides is 2. The monoisotopic (exact) mass is 378 g/mol. The van der Waals surface area contributed by atoms with Crippen molar-refractivity contribution in [3.05, 3.63) is 0 Å². The lowest BCUT2D eigenvalue weighted by Crippen LogP contribution is -2.44. The summed E-state index contributed by atoms with van der Waals surface area (Å²) in [4.78, 5) is 28.6. The fraction of sp³-hybridized carbons (Fsp3) is 0.824. The van der Waals surface area contributed by atoms with E-state index in [2.05, 4.69) is 25.7 Å². The van der Waals surface area contributed by atoms with E-state index in [0.29, 0.717) is 32.1 Å². The van der Waals surface area contributed by atoms with Crippen molar-refractivity contribution < 1.29 is 9.59 Å². The molecule has 0 spiro atoms. The van der Waals surface area contributed by atoms with Gasteiger partial charge in [-0.15, -0.1) is 0 Å². The Balaban J connectivity index is 1.33. The van der Waals surface area contributed by atoms with Crippen molar-refractivity contribution in [1.29, 1.82) is 0 Å². The molecule has 0 aromatic carbocycles. The van der Waals surface area contributed by atoms with Gasteiger partial charge >= 0.3 is 0 Å². The van der Waals surface area contributed by atoms with Crippen LogP contribution in [0.4, 0.5) is 5.95 Å². The molecule has 0 radical (unpaired) electrons. The maximum absolute atomic E-state index is 12.3. The van der Waals surface area contributed by atoms with E-state index < -0.39 is 0 Å². The van der Waals surface area contributed by atoms with Crippen LogP contribution >= 0.6 is 0 Å². The topological polar surface area (TPSA) is 122 Å². The average molecular weight is 378 g/mol. The minimum Gasteiger partial charge on any atom is -0.367 e. The lowest BCUT2D eigenvalue weighted by Gasteiger charge is -2.32. The molecule has 2 aliphatic rings. The van der Waals surface area contributed by atoms with Crippen LogP contribution in [0.1, 0.15) is 38.5 Å². The fourth-order valence-corrected chi connectivity index (χ4v) is 3.75. The second-order valence-electron chi connectivity index (χ2n) is 7.51. The quantitative estimate of drug-likeness (QED) is 0.683. The fourth-order valence-electron chi connectivity index (χ4n) is 3.75. The highest BCUT2D eigenvalue weighted by atomic mass is 16.2. The highest BCUT2D eigenvalue weighted by Gasteiger charge is 2.24. The molecule has 2 aliphatic heterocycles. The van der Waals surface area contributed by atoms with Crippen molar-refractivity contribution in [3.8, 4) is 0 Å². The molecule has 3 N–H and O–H groups in total. The van der Waals surface area contributed by atoms with Gasteiger partial charge in [0.1, 0.15) is 6.54 Å². The van der Waals surface area contributed by atoms with Gasteiger partial charge in [0.2, 0.25) is 17.8 Å². The van der Waals surface area contributed by atoms with Gasteiger partial charge in [-0.25, -0.2) is 4.68 Å². The molecule has 2 fully saturated rings. The second kappa shape index (κ2) is 9.63. The number of rotatable bonds is 6. The molecule has 10 nitrogen and oxygen atoms in total. The molecular weight excluding hydrogens is 348 g/mol. The number of hydrogen-bond acceptors (Lipinski definition) is 7. The zero-order valence-electron chi connectivity index (χ0n) is 15.8. The number of likely N-dealkylation sites (tertiary alicyclic amines) is 2. The molecule has 2 saturated heterocycles. The number of nitrogens with two attached hydrogens (primary N) is 1. The summed E-state index contributed by atoms with van der Waals surface area (Å²) in [6.45, 7) is 4.69. The third kappa shape index (κ3) is 5.88. The summed E-state index contributed by atoms with van der Waals surface area (Å²) in [5.74, 6) is 0.646. The Hall–Kier alpha value is -2.23. The summed E-state index contributed by atoms with van der Waals surface area (Å²) in [5, 5.41) is 13.8. The predicted octanol–water partition coefficient (Wildman–Crippen LogP) is -0.514. The SMILES string of the molecule is Nc1nnnn1CC(=O)N1CCC(CNC(=O)CN2CCCCCC2)CC1. The summed E-state index contributed by atoms with van der Waals surface area (Å²) in [6, 6.07) is 0. The number of nitrogens with one attached hydrogen (secondary N) is 1. The Morgan fingerprint density at radius 1 is 1.04 bits per heavy atom. The van der Waals surface area contributed by atoms with E-state index in [1.165, 1.54) is 30.4 Å². The zero-order chi connectivity index (χ0) is 19.1. The lowest BCUT2D eigenvalue weighted by atomic mass is 9.96. The number of aromatic nitrogens is 4. The first kappa shape index (κ1) is 19.5. The van der Waals surface area contributed by atoms with Gasteiger partial charge in [-0.1, -0.05) is 17.9 Å². The summed E-state index contributed by atoms with van der Waals surface area (Å²) in [6.07, 6.45) is 6.71. The van der Waals surface area contributed by atoms with Crippen LogP contribution in [0, 0.1) is 5.92 Å². The number of hydrogen-bond donors (Lipinski definition) is 2. The molecule has 1 aromatic rings. The van der Waals surface area contributed by atoms with Crippen LogP contribution in [0.15, 0.2) is 0 Å². The molecule has 0 aliphatic carbocycles. The number of anilines is 1. The number of carbonyl (C=O) groups is 2. The number of piperidine rings is 1. The molecule has 2 amide bonds. The van der Waals surface area contributed by atoms with E-state index in [0.717, 1.165) is 25.9 Å². The Labute approximate surface area is 159 Å². The van der Waals surface area contributed by atoms with Crippen molar-refractivity contribution in [2.45, 2.75) is 45.1 Å². The standard InChI is InChI=1S/C17H30N8O2/c18-17-20-21-22-25(17)13-16(27)24-9-5-14(6-10-24)11-19-15(26)12-23-7-3-1-2-4-8-23/h14H,1-13H2,(H,19,26)(H2,18,20,22). The first-order valence-corrected chi connectivity index (χ1v) is 9.90. The van der Waals surface area contributed by atoms with Crippen molar-refractivity contribution in [2.75, 3.05) is 45.0 Å². The van der Waals surface area contributed by atoms with Crippen LogP contribution < -0.4 is 11.1 Å². The Morgan fingerprint density at radius 3 is 2.37 bits per heavy atom. The molecule has 3 heterocycles. The molecule has 0 atom stereocenters. The second-order valence-corrected chi connectivity index (χ2v) is 7.51. The molecule has 27 heavy (non-hydrogen) atoms. The number of nitrogens with zero attached hydrogens (tertiary/aromatic N) is 6. The summed E-state index contributed by atoms with van der Waals surface area (Å²) in [7, 11) is 0. The lowest BCUT2D eigenvalue weighted by molar-refractivity contribution is -0.133. The maximum atomic E-state index is 12.3. The van der Waals surface area contributed by atoms with Crippen LogP contribution in [-0.4, -0.2) is 81.1 Å². The molecule has 0 unspecified atom stereocenters. The minimum atomic E-state index is -0.0300. The summed E-state index contributed by atoms with van der Waals surface area (Å²) < 4.78 is 1.30. The van der Waals surface area contributed by atoms with Gasteiger partial charge in [0, 0.05) is 19.6 Å². The van der Waals surface area contributed by atoms with Gasteiger partial charge in [-0.3, -0.25) is 14.5 Å². The van der Waals surface area contributed by atoms with E-state index in [9.17, 15) is 9.59 Å². The molecule has 10 heteroatoms. The molecule has 1 aromatic heterocycles. The summed E-state index contributed by atoms with van der Waals surface area (Å²) in [5.41, 5.74) is 5.60. The van der Waals surface area contributed by atoms with Gasteiger partial charge in [-0.05, 0) is 55.1 Å². The van der Waals surface area contributed by atoms with Crippen LogP contribution in [-0.2, 0) is 16.1 Å². The highest BCUT2D eigenvalue weighted by molar-refractivity contribution is 5.78. The highest BCUT2D eigenvalue weighted by Crippen LogP contribution is 2.17. The van der Waals surface area contributed by atoms with E-state index in [-0.39, 0.29) is 24.3 Å². The van der Waals surface area contributed by atoms with Gasteiger partial charge in [0.05, 0.1) is 6.54 Å². The smallest absolute Gasteiger partial charge is 0.244 e. The van der Waals surface area contributed by atoms with Crippen molar-refractivity contribution in [1.82, 2.24) is 35.3 Å². The normalized spacial score (nSPS) is 19.6. The number of tetrazole rings is 1. The maximum Gasteiger partial charge on any atom is 0.244 e. The Kier molecular flexibility index (Phi) is 6.97. The Morgan fingerprint density at radius 2 is 1.74 bits per heavy atom. The van der Waals surface area contributed by atoms with Crippen molar-refractivity contribution in [2.24, 2.45) is 5.92 Å². The molecule has 150 valence electrons.